The molecule has 0 radical (unpaired) electrons. The first-order valence-corrected chi connectivity index (χ1v) is 11.3. The Bertz CT molecular complexity index is 924. The Morgan fingerprint density at radius 3 is 1.43 bits per heavy atom. The van der Waals surface area contributed by atoms with Crippen molar-refractivity contribution in [3.63, 3.8) is 0 Å². The van der Waals surface area contributed by atoms with Gasteiger partial charge in [0, 0.05) is 22.2 Å². The largest absolute Gasteiger partial charge is 0.399 e. The van der Waals surface area contributed by atoms with Crippen molar-refractivity contribution in [2.45, 2.75) is 66.2 Å². The van der Waals surface area contributed by atoms with E-state index in [0.29, 0.717) is 11.8 Å². The van der Waals surface area contributed by atoms with Crippen LogP contribution in [0, 0.1) is 22.7 Å². The zero-order valence-electron chi connectivity index (χ0n) is 20.1. The van der Waals surface area contributed by atoms with Crippen LogP contribution in [0.5, 0.6) is 0 Å². The van der Waals surface area contributed by atoms with E-state index in [2.05, 4.69) is 104 Å². The molecule has 0 bridgehead atoms. The number of rotatable bonds is 4. The van der Waals surface area contributed by atoms with Crippen LogP contribution in [-0.2, 0) is 10.8 Å². The van der Waals surface area contributed by atoms with Crippen molar-refractivity contribution in [2.24, 2.45) is 22.7 Å². The maximum atomic E-state index is 6.10. The van der Waals surface area contributed by atoms with Crippen LogP contribution in [0.15, 0.2) is 60.7 Å². The Balaban J connectivity index is 2.45. The molecular formula is C28H40N2. The fourth-order valence-electron chi connectivity index (χ4n) is 6.38. The zero-order valence-corrected chi connectivity index (χ0v) is 20.1. The molecule has 2 aromatic rings. The molecule has 1 aliphatic rings. The van der Waals surface area contributed by atoms with Gasteiger partial charge in [0.15, 0.2) is 0 Å². The summed E-state index contributed by atoms with van der Waals surface area (Å²) in [6, 6.07) is 17.0. The van der Waals surface area contributed by atoms with E-state index in [1.54, 1.807) is 0 Å². The molecule has 4 unspecified atom stereocenters. The second kappa shape index (κ2) is 7.18. The topological polar surface area (TPSA) is 52.0 Å². The van der Waals surface area contributed by atoms with E-state index >= 15 is 0 Å². The van der Waals surface area contributed by atoms with Crippen LogP contribution in [0.25, 0.3) is 0 Å². The summed E-state index contributed by atoms with van der Waals surface area (Å²) < 4.78 is 0. The van der Waals surface area contributed by atoms with Gasteiger partial charge in [-0.1, -0.05) is 91.8 Å². The van der Waals surface area contributed by atoms with Gasteiger partial charge in [-0.15, -0.1) is 0 Å². The van der Waals surface area contributed by atoms with E-state index < -0.39 is 0 Å². The maximum absolute atomic E-state index is 6.10. The molecule has 2 heteroatoms. The number of nitrogen functional groups attached to an aromatic ring is 2. The summed E-state index contributed by atoms with van der Waals surface area (Å²) in [6.45, 7) is 19.3. The molecule has 0 fully saturated rings. The second-order valence-corrected chi connectivity index (χ2v) is 10.7. The van der Waals surface area contributed by atoms with Gasteiger partial charge in [0.05, 0.1) is 0 Å². The van der Waals surface area contributed by atoms with Gasteiger partial charge in [-0.25, -0.2) is 0 Å². The molecule has 30 heavy (non-hydrogen) atoms. The molecule has 0 aromatic heterocycles. The lowest BCUT2D eigenvalue weighted by Crippen LogP contribution is -2.65. The van der Waals surface area contributed by atoms with E-state index in [9.17, 15) is 0 Å². The number of anilines is 2. The molecule has 4 atom stereocenters. The molecule has 1 aliphatic carbocycles. The average Bonchev–Trinajstić information content (AvgIpc) is 2.70. The minimum atomic E-state index is -0.204. The number of hydrogen-bond donors (Lipinski definition) is 2. The summed E-state index contributed by atoms with van der Waals surface area (Å²) in [6.07, 6.45) is 4.98. The smallest absolute Gasteiger partial charge is 0.0314 e. The molecule has 0 spiro atoms. The fourth-order valence-corrected chi connectivity index (χ4v) is 6.38. The molecule has 162 valence electrons. The summed E-state index contributed by atoms with van der Waals surface area (Å²) in [4.78, 5) is 0. The number of benzene rings is 2. The van der Waals surface area contributed by atoms with Gasteiger partial charge < -0.3 is 11.5 Å². The highest BCUT2D eigenvalue weighted by molar-refractivity contribution is 5.53. The van der Waals surface area contributed by atoms with Crippen LogP contribution >= 0.6 is 0 Å². The van der Waals surface area contributed by atoms with Crippen molar-refractivity contribution >= 4 is 11.4 Å². The lowest BCUT2D eigenvalue weighted by atomic mass is 9.35. The van der Waals surface area contributed by atoms with Gasteiger partial charge in [0.25, 0.3) is 0 Å². The third-order valence-corrected chi connectivity index (χ3v) is 9.31. The summed E-state index contributed by atoms with van der Waals surface area (Å²) in [5.74, 6) is 0.968. The van der Waals surface area contributed by atoms with Crippen LogP contribution in [0.4, 0.5) is 11.4 Å². The van der Waals surface area contributed by atoms with Crippen molar-refractivity contribution in [3.8, 4) is 0 Å². The highest BCUT2D eigenvalue weighted by Crippen LogP contribution is 2.69. The van der Waals surface area contributed by atoms with Crippen molar-refractivity contribution in [2.75, 3.05) is 11.5 Å². The Hall–Kier alpha value is -2.22. The first-order chi connectivity index (χ1) is 13.8. The quantitative estimate of drug-likeness (QED) is 0.427. The molecule has 0 saturated heterocycles. The number of allylic oxidation sites excluding steroid dienone is 2. The Kier molecular flexibility index (Phi) is 5.38. The second-order valence-electron chi connectivity index (χ2n) is 10.7. The van der Waals surface area contributed by atoms with Gasteiger partial charge in [0.1, 0.15) is 0 Å². The van der Waals surface area contributed by atoms with Crippen LogP contribution < -0.4 is 11.5 Å². The van der Waals surface area contributed by atoms with Crippen LogP contribution in [0.2, 0.25) is 0 Å². The lowest BCUT2D eigenvalue weighted by Gasteiger charge is -2.68. The minimum Gasteiger partial charge on any atom is -0.399 e. The third-order valence-electron chi connectivity index (χ3n) is 9.31. The van der Waals surface area contributed by atoms with Crippen molar-refractivity contribution in [1.29, 1.82) is 0 Å². The van der Waals surface area contributed by atoms with Gasteiger partial charge in [-0.05, 0) is 58.1 Å². The summed E-state index contributed by atoms with van der Waals surface area (Å²) in [5.41, 5.74) is 16.0. The van der Waals surface area contributed by atoms with E-state index in [1.165, 1.54) is 11.1 Å². The predicted molar refractivity (Wildman–Crippen MR) is 131 cm³/mol. The molecular weight excluding hydrogens is 364 g/mol. The van der Waals surface area contributed by atoms with Gasteiger partial charge in [-0.3, -0.25) is 0 Å². The first-order valence-electron chi connectivity index (χ1n) is 11.3. The monoisotopic (exact) mass is 404 g/mol. The van der Waals surface area contributed by atoms with Gasteiger partial charge >= 0.3 is 0 Å². The number of hydrogen-bond acceptors (Lipinski definition) is 2. The molecule has 0 heterocycles. The molecule has 0 amide bonds. The van der Waals surface area contributed by atoms with Gasteiger partial charge in [0.2, 0.25) is 0 Å². The highest BCUT2D eigenvalue weighted by atomic mass is 14.7. The Morgan fingerprint density at radius 2 is 1.03 bits per heavy atom. The van der Waals surface area contributed by atoms with E-state index in [-0.39, 0.29) is 21.7 Å². The summed E-state index contributed by atoms with van der Waals surface area (Å²) in [5, 5.41) is 0. The minimum absolute atomic E-state index is 0.0187. The highest BCUT2D eigenvalue weighted by Gasteiger charge is 2.66. The molecule has 3 rings (SSSR count). The molecule has 0 aliphatic heterocycles. The predicted octanol–water partition coefficient (Wildman–Crippen LogP) is 6.96. The number of nitrogens with two attached hydrogens (primary N) is 2. The third kappa shape index (κ3) is 2.76. The van der Waals surface area contributed by atoms with Crippen LogP contribution in [-0.4, -0.2) is 0 Å². The standard InChI is InChI=1S/C28H40N2/c1-19(2)25(5)17-18-26(6,21-9-13-23(29)14-10-21)28(8,27(25,7)20(3)4)22-11-15-24(30)16-12-22/h9-20H,29-30H2,1-8H3. The van der Waals surface area contributed by atoms with E-state index in [1.807, 2.05) is 12.1 Å². The normalized spacial score (nSPS) is 33.9. The van der Waals surface area contributed by atoms with Crippen molar-refractivity contribution < 1.29 is 0 Å². The zero-order chi connectivity index (χ0) is 22.5. The average molecular weight is 405 g/mol. The molecule has 2 nitrogen and oxygen atoms in total. The van der Waals surface area contributed by atoms with Gasteiger partial charge in [-0.2, -0.15) is 0 Å². The summed E-state index contributed by atoms with van der Waals surface area (Å²) >= 11 is 0. The SMILES string of the molecule is CC(C)C1(C)C=CC(C)(c2ccc(N)cc2)C(C)(c2ccc(N)cc2)C1(C)C(C)C. The molecule has 4 N–H and O–H groups in total. The Morgan fingerprint density at radius 1 is 0.600 bits per heavy atom. The molecule has 0 saturated carbocycles. The molecule has 2 aromatic carbocycles. The van der Waals surface area contributed by atoms with Crippen molar-refractivity contribution in [3.05, 3.63) is 71.8 Å². The summed E-state index contributed by atoms with van der Waals surface area (Å²) in [7, 11) is 0. The van der Waals surface area contributed by atoms with Crippen molar-refractivity contribution in [1.82, 2.24) is 0 Å². The van der Waals surface area contributed by atoms with Crippen LogP contribution in [0.3, 0.4) is 0 Å². The van der Waals surface area contributed by atoms with Crippen LogP contribution in [0.1, 0.15) is 66.5 Å². The Labute approximate surface area is 183 Å². The first kappa shape index (κ1) is 22.5. The fraction of sp³-hybridized carbons (Fsp3) is 0.500. The lowest BCUT2D eigenvalue weighted by molar-refractivity contribution is -0.0848. The maximum Gasteiger partial charge on any atom is 0.0314 e. The van der Waals surface area contributed by atoms with E-state index in [4.69, 9.17) is 11.5 Å². The van der Waals surface area contributed by atoms with E-state index in [0.717, 1.165) is 11.4 Å².